The van der Waals surface area contributed by atoms with Crippen molar-refractivity contribution < 1.29 is 4.79 Å². The predicted molar refractivity (Wildman–Crippen MR) is 85.4 cm³/mol. The van der Waals surface area contributed by atoms with Gasteiger partial charge >= 0.3 is 0 Å². The summed E-state index contributed by atoms with van der Waals surface area (Å²) in [4.78, 5) is 22.8. The average Bonchev–Trinajstić information content (AvgIpc) is 2.83. The van der Waals surface area contributed by atoms with Gasteiger partial charge in [-0.25, -0.2) is 9.97 Å². The lowest BCUT2D eigenvalue weighted by molar-refractivity contribution is -0.128. The number of rotatable bonds is 4. The largest absolute Gasteiger partial charge is 0.342 e. The number of nitrogens with one attached hydrogen (secondary N) is 1. The molecule has 0 radical (unpaired) electrons. The van der Waals surface area contributed by atoms with Gasteiger partial charge in [-0.05, 0) is 31.9 Å². The molecule has 1 saturated heterocycles. The number of aromatic nitrogens is 2. The van der Waals surface area contributed by atoms with Gasteiger partial charge in [0.25, 0.3) is 0 Å². The van der Waals surface area contributed by atoms with Crippen LogP contribution in [-0.4, -0.2) is 33.4 Å². The third-order valence-corrected chi connectivity index (χ3v) is 3.89. The second kappa shape index (κ2) is 6.13. The zero-order chi connectivity index (χ0) is 15.5. The van der Waals surface area contributed by atoms with Crippen molar-refractivity contribution in [2.45, 2.75) is 32.9 Å². The van der Waals surface area contributed by atoms with E-state index >= 15 is 0 Å². The van der Waals surface area contributed by atoms with Crippen molar-refractivity contribution in [2.75, 3.05) is 11.9 Å². The number of anilines is 1. The Morgan fingerprint density at radius 3 is 2.73 bits per heavy atom. The number of carbonyl (C=O) groups excluding carboxylic acids is 1. The van der Waals surface area contributed by atoms with Crippen LogP contribution in [-0.2, 0) is 11.3 Å². The molecule has 1 fully saturated rings. The molecule has 0 bridgehead atoms. The Morgan fingerprint density at radius 2 is 2.00 bits per heavy atom. The first kappa shape index (κ1) is 14.5. The summed E-state index contributed by atoms with van der Waals surface area (Å²) in [7, 11) is 0. The first-order chi connectivity index (χ1) is 10.6. The first-order valence-electron chi connectivity index (χ1n) is 7.52. The van der Waals surface area contributed by atoms with Gasteiger partial charge in [-0.1, -0.05) is 29.8 Å². The van der Waals surface area contributed by atoms with Crippen LogP contribution in [0.25, 0.3) is 0 Å². The summed E-state index contributed by atoms with van der Waals surface area (Å²) < 4.78 is 0. The van der Waals surface area contributed by atoms with Crippen LogP contribution in [0.4, 0.5) is 5.95 Å². The topological polar surface area (TPSA) is 58.1 Å². The summed E-state index contributed by atoms with van der Waals surface area (Å²) in [6, 6.07) is 9.91. The average molecular weight is 296 g/mol. The van der Waals surface area contributed by atoms with Crippen LogP contribution in [0, 0.1) is 13.8 Å². The van der Waals surface area contributed by atoms with E-state index in [4.69, 9.17) is 0 Å². The molecular formula is C17H20N4O. The SMILES string of the molecule is Cc1ccc(CN2CCC(Nc3nccc(C)n3)C2=O)cc1. The molecule has 0 spiro atoms. The molecule has 1 aliphatic heterocycles. The summed E-state index contributed by atoms with van der Waals surface area (Å²) >= 11 is 0. The zero-order valence-corrected chi connectivity index (χ0v) is 12.9. The van der Waals surface area contributed by atoms with E-state index in [2.05, 4.69) is 46.5 Å². The van der Waals surface area contributed by atoms with Crippen LogP contribution >= 0.6 is 0 Å². The van der Waals surface area contributed by atoms with Crippen LogP contribution in [0.3, 0.4) is 0 Å². The van der Waals surface area contributed by atoms with Crippen molar-refractivity contribution in [1.82, 2.24) is 14.9 Å². The number of likely N-dealkylation sites (tertiary alicyclic amines) is 1. The Kier molecular flexibility index (Phi) is 4.04. The maximum absolute atomic E-state index is 12.5. The van der Waals surface area contributed by atoms with Gasteiger partial charge in [0, 0.05) is 25.0 Å². The highest BCUT2D eigenvalue weighted by molar-refractivity contribution is 5.86. The van der Waals surface area contributed by atoms with Gasteiger partial charge < -0.3 is 10.2 Å². The third-order valence-electron chi connectivity index (χ3n) is 3.89. The minimum atomic E-state index is -0.229. The summed E-state index contributed by atoms with van der Waals surface area (Å²) in [6.45, 7) is 5.39. The van der Waals surface area contributed by atoms with E-state index in [0.717, 1.165) is 24.2 Å². The summed E-state index contributed by atoms with van der Waals surface area (Å²) in [5.74, 6) is 0.640. The lowest BCUT2D eigenvalue weighted by atomic mass is 10.1. The molecule has 0 aliphatic carbocycles. The minimum Gasteiger partial charge on any atom is -0.342 e. The van der Waals surface area contributed by atoms with Gasteiger partial charge in [-0.2, -0.15) is 0 Å². The highest BCUT2D eigenvalue weighted by atomic mass is 16.2. The van der Waals surface area contributed by atoms with Crippen molar-refractivity contribution in [1.29, 1.82) is 0 Å². The highest BCUT2D eigenvalue weighted by Gasteiger charge is 2.31. The van der Waals surface area contributed by atoms with Crippen molar-refractivity contribution in [3.63, 3.8) is 0 Å². The second-order valence-electron chi connectivity index (χ2n) is 5.75. The molecule has 1 unspecified atom stereocenters. The lowest BCUT2D eigenvalue weighted by Gasteiger charge is -2.17. The molecule has 1 aromatic heterocycles. The molecule has 5 heteroatoms. The minimum absolute atomic E-state index is 0.116. The summed E-state index contributed by atoms with van der Waals surface area (Å²) in [5.41, 5.74) is 3.28. The zero-order valence-electron chi connectivity index (χ0n) is 12.9. The maximum atomic E-state index is 12.5. The molecule has 1 atom stereocenters. The number of carbonyl (C=O) groups is 1. The number of hydrogen-bond acceptors (Lipinski definition) is 4. The molecular weight excluding hydrogens is 276 g/mol. The molecule has 1 amide bonds. The van der Waals surface area contributed by atoms with Gasteiger partial charge in [0.05, 0.1) is 0 Å². The Labute approximate surface area is 130 Å². The van der Waals surface area contributed by atoms with Crippen LogP contribution < -0.4 is 5.32 Å². The molecule has 5 nitrogen and oxygen atoms in total. The Hall–Kier alpha value is -2.43. The number of benzene rings is 1. The molecule has 3 rings (SSSR count). The number of aryl methyl sites for hydroxylation is 2. The van der Waals surface area contributed by atoms with Gasteiger partial charge in [0.15, 0.2) is 0 Å². The quantitative estimate of drug-likeness (QED) is 0.940. The van der Waals surface area contributed by atoms with E-state index < -0.39 is 0 Å². The highest BCUT2D eigenvalue weighted by Crippen LogP contribution is 2.18. The standard InChI is InChI=1S/C17H20N4O/c1-12-3-5-14(6-4-12)11-21-10-8-15(16(21)22)20-17-18-9-7-13(2)19-17/h3-7,9,15H,8,10-11H2,1-2H3,(H,18,19,20). The van der Waals surface area contributed by atoms with Crippen molar-refractivity contribution in [2.24, 2.45) is 0 Å². The van der Waals surface area contributed by atoms with E-state index in [1.54, 1.807) is 6.20 Å². The van der Waals surface area contributed by atoms with Gasteiger partial charge in [0.1, 0.15) is 6.04 Å². The molecule has 114 valence electrons. The fourth-order valence-electron chi connectivity index (χ4n) is 2.62. The fraction of sp³-hybridized carbons (Fsp3) is 0.353. The van der Waals surface area contributed by atoms with Gasteiger partial charge in [0.2, 0.25) is 11.9 Å². The molecule has 1 aliphatic rings. The van der Waals surface area contributed by atoms with E-state index in [1.165, 1.54) is 5.56 Å². The molecule has 2 heterocycles. The normalized spacial score (nSPS) is 17.8. The Bertz CT molecular complexity index is 669. The smallest absolute Gasteiger partial charge is 0.245 e. The van der Waals surface area contributed by atoms with E-state index in [1.807, 2.05) is 17.9 Å². The van der Waals surface area contributed by atoms with E-state index in [9.17, 15) is 4.79 Å². The molecule has 0 saturated carbocycles. The second-order valence-corrected chi connectivity index (χ2v) is 5.75. The maximum Gasteiger partial charge on any atom is 0.245 e. The number of nitrogens with zero attached hydrogens (tertiary/aromatic N) is 3. The lowest BCUT2D eigenvalue weighted by Crippen LogP contribution is -2.33. The Balaban J connectivity index is 1.63. The summed E-state index contributed by atoms with van der Waals surface area (Å²) in [6.07, 6.45) is 2.48. The fourth-order valence-corrected chi connectivity index (χ4v) is 2.62. The van der Waals surface area contributed by atoms with E-state index in [0.29, 0.717) is 12.5 Å². The third kappa shape index (κ3) is 3.24. The van der Waals surface area contributed by atoms with Crippen LogP contribution in [0.2, 0.25) is 0 Å². The molecule has 1 aromatic carbocycles. The van der Waals surface area contributed by atoms with Crippen molar-refractivity contribution in [3.8, 4) is 0 Å². The van der Waals surface area contributed by atoms with Crippen LogP contribution in [0.1, 0.15) is 23.2 Å². The molecule has 2 aromatic rings. The molecule has 22 heavy (non-hydrogen) atoms. The number of hydrogen-bond donors (Lipinski definition) is 1. The van der Waals surface area contributed by atoms with Crippen molar-refractivity contribution >= 4 is 11.9 Å². The Morgan fingerprint density at radius 1 is 1.23 bits per heavy atom. The number of amides is 1. The van der Waals surface area contributed by atoms with Gasteiger partial charge in [-0.3, -0.25) is 4.79 Å². The molecule has 1 N–H and O–H groups in total. The van der Waals surface area contributed by atoms with Gasteiger partial charge in [-0.15, -0.1) is 0 Å². The van der Waals surface area contributed by atoms with Crippen molar-refractivity contribution in [3.05, 3.63) is 53.3 Å². The summed E-state index contributed by atoms with van der Waals surface area (Å²) in [5, 5.41) is 3.14. The predicted octanol–water partition coefficient (Wildman–Crippen LogP) is 2.31. The van der Waals surface area contributed by atoms with E-state index in [-0.39, 0.29) is 11.9 Å². The monoisotopic (exact) mass is 296 g/mol. The first-order valence-corrected chi connectivity index (χ1v) is 7.52. The van der Waals surface area contributed by atoms with Crippen LogP contribution in [0.15, 0.2) is 36.5 Å². The van der Waals surface area contributed by atoms with Crippen LogP contribution in [0.5, 0.6) is 0 Å².